The Balaban J connectivity index is 1.45. The normalized spacial score (nSPS) is 23.2. The monoisotopic (exact) mass is 568 g/mol. The molecule has 2 aromatic rings. The zero-order valence-electron chi connectivity index (χ0n) is 26.1. The minimum atomic E-state index is -0.0278. The topological polar surface area (TPSA) is 6.48 Å². The Morgan fingerprint density at radius 3 is 2.22 bits per heavy atom. The first-order chi connectivity index (χ1) is 19.7. The van der Waals surface area contributed by atoms with Crippen molar-refractivity contribution in [2.45, 2.75) is 103 Å². The molecule has 0 radical (unpaired) electrons. The lowest BCUT2D eigenvalue weighted by molar-refractivity contribution is 0.471. The molecule has 0 N–H and O–H groups in total. The van der Waals surface area contributed by atoms with Gasteiger partial charge in [-0.15, -0.1) is 0 Å². The number of unbranched alkanes of at least 4 members (excludes halogenated alkanes) is 2. The molecule has 0 aromatic heterocycles. The number of halogens is 1. The summed E-state index contributed by atoms with van der Waals surface area (Å²) in [4.78, 5) is 5.17. The van der Waals surface area contributed by atoms with E-state index in [0.717, 1.165) is 37.4 Å². The number of benzene rings is 2. The Morgan fingerprint density at radius 2 is 1.49 bits per heavy atom. The highest BCUT2D eigenvalue weighted by Gasteiger charge is 2.43. The molecule has 0 spiro atoms. The van der Waals surface area contributed by atoms with Crippen LogP contribution in [0, 0.1) is 0 Å². The third-order valence-electron chi connectivity index (χ3n) is 9.65. The Kier molecular flexibility index (Phi) is 8.90. The minimum absolute atomic E-state index is 0.0278. The first-order valence-electron chi connectivity index (χ1n) is 15.9. The lowest BCUT2D eigenvalue weighted by Crippen LogP contribution is -2.40. The minimum Gasteiger partial charge on any atom is -0.364 e. The highest BCUT2D eigenvalue weighted by atomic mass is 35.5. The Labute approximate surface area is 254 Å². The van der Waals surface area contributed by atoms with E-state index in [0.29, 0.717) is 6.04 Å². The van der Waals surface area contributed by atoms with Crippen LogP contribution < -0.4 is 9.80 Å². The van der Waals surface area contributed by atoms with Crippen LogP contribution in [0.2, 0.25) is 0 Å². The molecule has 0 fully saturated rings. The first kappa shape index (κ1) is 29.8. The fourth-order valence-corrected chi connectivity index (χ4v) is 7.51. The smallest absolute Gasteiger partial charge is 0.0568 e. The molecule has 5 rings (SSSR count). The number of rotatable bonds is 9. The largest absolute Gasteiger partial charge is 0.364 e. The molecule has 2 heterocycles. The van der Waals surface area contributed by atoms with Crippen molar-refractivity contribution < 1.29 is 0 Å². The fourth-order valence-electron chi connectivity index (χ4n) is 7.19. The quantitative estimate of drug-likeness (QED) is 0.297. The Morgan fingerprint density at radius 1 is 0.829 bits per heavy atom. The number of para-hydroxylation sites is 2. The van der Waals surface area contributed by atoms with Crippen LogP contribution in [0.15, 0.2) is 94.7 Å². The molecule has 1 atom stereocenters. The molecule has 2 aromatic carbocycles. The summed E-state index contributed by atoms with van der Waals surface area (Å²) >= 11 is 7.18. The molecule has 3 aliphatic rings. The zero-order valence-corrected chi connectivity index (χ0v) is 26.9. The summed E-state index contributed by atoms with van der Waals surface area (Å²) in [6, 6.07) is 18.2. The summed E-state index contributed by atoms with van der Waals surface area (Å²) in [6.45, 7) is 16.2. The first-order valence-corrected chi connectivity index (χ1v) is 16.3. The number of anilines is 2. The predicted molar refractivity (Wildman–Crippen MR) is 179 cm³/mol. The van der Waals surface area contributed by atoms with Gasteiger partial charge in [0.15, 0.2) is 0 Å². The van der Waals surface area contributed by atoms with Crippen LogP contribution in [0.3, 0.4) is 0 Å². The van der Waals surface area contributed by atoms with Gasteiger partial charge in [0, 0.05) is 46.0 Å². The number of hydrogen-bond acceptors (Lipinski definition) is 2. The van der Waals surface area contributed by atoms with Crippen molar-refractivity contribution in [1.29, 1.82) is 0 Å². The van der Waals surface area contributed by atoms with Crippen molar-refractivity contribution in [3.8, 4) is 0 Å². The van der Waals surface area contributed by atoms with Crippen molar-refractivity contribution in [2.24, 2.45) is 0 Å². The van der Waals surface area contributed by atoms with E-state index in [1.807, 2.05) is 0 Å². The van der Waals surface area contributed by atoms with Gasteiger partial charge in [0.05, 0.1) is 6.04 Å². The molecule has 1 unspecified atom stereocenters. The highest BCUT2D eigenvalue weighted by molar-refractivity contribution is 6.32. The molecule has 3 heteroatoms. The van der Waals surface area contributed by atoms with Crippen molar-refractivity contribution in [2.75, 3.05) is 22.9 Å². The number of allylic oxidation sites excluding steroid dienone is 7. The lowest BCUT2D eigenvalue weighted by atomic mass is 9.80. The number of hydrogen-bond donors (Lipinski definition) is 0. The van der Waals surface area contributed by atoms with Gasteiger partial charge < -0.3 is 9.80 Å². The van der Waals surface area contributed by atoms with Crippen molar-refractivity contribution in [3.63, 3.8) is 0 Å². The van der Waals surface area contributed by atoms with Crippen LogP contribution in [-0.2, 0) is 10.8 Å². The van der Waals surface area contributed by atoms with E-state index in [2.05, 4.69) is 124 Å². The average molecular weight is 569 g/mol. The van der Waals surface area contributed by atoms with Gasteiger partial charge in [0.25, 0.3) is 0 Å². The molecular formula is C38H49ClN2. The van der Waals surface area contributed by atoms with Crippen molar-refractivity contribution >= 4 is 23.0 Å². The van der Waals surface area contributed by atoms with Gasteiger partial charge in [-0.3, -0.25) is 0 Å². The van der Waals surface area contributed by atoms with Gasteiger partial charge in [0.2, 0.25) is 0 Å². The molecule has 0 amide bonds. The molecular weight excluding hydrogens is 520 g/mol. The Hall–Kier alpha value is -2.71. The zero-order chi connectivity index (χ0) is 29.2. The summed E-state index contributed by atoms with van der Waals surface area (Å²) in [7, 11) is 0. The molecule has 218 valence electrons. The van der Waals surface area contributed by atoms with Crippen LogP contribution in [0.1, 0.15) is 97.6 Å². The second kappa shape index (κ2) is 12.3. The molecule has 0 saturated heterocycles. The van der Waals surface area contributed by atoms with E-state index >= 15 is 0 Å². The van der Waals surface area contributed by atoms with Crippen LogP contribution >= 0.6 is 11.6 Å². The summed E-state index contributed by atoms with van der Waals surface area (Å²) in [5.74, 6) is 0. The average Bonchev–Trinajstić information content (AvgIpc) is 3.32. The SMILES string of the molecule is CCCCN1C(=CC=C2CCCC(C=CC3N(CCCC)c4ccccc4C3(C)C)=C2Cl)C(C)(C)c2ccccc21. The van der Waals surface area contributed by atoms with Gasteiger partial charge in [-0.05, 0) is 72.6 Å². The summed E-state index contributed by atoms with van der Waals surface area (Å²) in [5.41, 5.74) is 9.57. The molecule has 41 heavy (non-hydrogen) atoms. The second-order valence-corrected chi connectivity index (χ2v) is 13.6. The summed E-state index contributed by atoms with van der Waals surface area (Å²) < 4.78 is 0. The maximum absolute atomic E-state index is 7.18. The molecule has 0 bridgehead atoms. The van der Waals surface area contributed by atoms with E-state index in [9.17, 15) is 0 Å². The van der Waals surface area contributed by atoms with E-state index in [1.165, 1.54) is 65.0 Å². The van der Waals surface area contributed by atoms with Gasteiger partial charge in [-0.1, -0.05) is 121 Å². The van der Waals surface area contributed by atoms with Crippen LogP contribution in [0.25, 0.3) is 0 Å². The van der Waals surface area contributed by atoms with Crippen LogP contribution in [0.4, 0.5) is 11.4 Å². The van der Waals surface area contributed by atoms with Gasteiger partial charge in [0.1, 0.15) is 0 Å². The molecule has 2 aliphatic heterocycles. The number of nitrogens with zero attached hydrogens (tertiary/aromatic N) is 2. The molecule has 2 nitrogen and oxygen atoms in total. The lowest BCUT2D eigenvalue weighted by Gasteiger charge is -2.32. The maximum atomic E-state index is 7.18. The van der Waals surface area contributed by atoms with Gasteiger partial charge in [-0.2, -0.15) is 0 Å². The van der Waals surface area contributed by atoms with Crippen LogP contribution in [-0.4, -0.2) is 19.1 Å². The van der Waals surface area contributed by atoms with Crippen molar-refractivity contribution in [3.05, 3.63) is 106 Å². The summed E-state index contributed by atoms with van der Waals surface area (Å²) in [5, 5.41) is 0.950. The fraction of sp³-hybridized carbons (Fsp3) is 0.474. The van der Waals surface area contributed by atoms with E-state index in [1.54, 1.807) is 0 Å². The second-order valence-electron chi connectivity index (χ2n) is 13.2. The third-order valence-corrected chi connectivity index (χ3v) is 10.1. The number of fused-ring (bicyclic) bond motifs is 2. The summed E-state index contributed by atoms with van der Waals surface area (Å²) in [6.07, 6.45) is 17.5. The van der Waals surface area contributed by atoms with E-state index in [4.69, 9.17) is 11.6 Å². The standard InChI is InChI=1S/C38H49ClN2/c1-7-9-26-40-32-20-13-11-18-30(32)37(3,4)34(40)24-22-28-16-15-17-29(36(28)39)23-25-35-38(5,6)31-19-12-14-21-33(31)41(35)27-10-8-2/h11-14,18-25,34H,7-10,15-17,26-27H2,1-6H3. The van der Waals surface area contributed by atoms with E-state index < -0.39 is 0 Å². The Bertz CT molecular complexity index is 1370. The highest BCUT2D eigenvalue weighted by Crippen LogP contribution is 2.48. The molecule has 1 aliphatic carbocycles. The van der Waals surface area contributed by atoms with E-state index in [-0.39, 0.29) is 10.8 Å². The van der Waals surface area contributed by atoms with Gasteiger partial charge >= 0.3 is 0 Å². The molecule has 0 saturated carbocycles. The maximum Gasteiger partial charge on any atom is 0.0568 e. The predicted octanol–water partition coefficient (Wildman–Crippen LogP) is 10.6. The van der Waals surface area contributed by atoms with Gasteiger partial charge in [-0.25, -0.2) is 0 Å². The van der Waals surface area contributed by atoms with Crippen LogP contribution in [0.5, 0.6) is 0 Å². The third kappa shape index (κ3) is 5.57. The van der Waals surface area contributed by atoms with Crippen molar-refractivity contribution in [1.82, 2.24) is 0 Å².